The molecule has 4 aromatic rings. The molecule has 0 atom stereocenters. The molecule has 4 aromatic carbocycles. The number of carbonyl (C=O) groups is 1. The van der Waals surface area contributed by atoms with E-state index in [0.717, 1.165) is 23.2 Å². The van der Waals surface area contributed by atoms with Gasteiger partial charge in [0.25, 0.3) is 5.91 Å². The van der Waals surface area contributed by atoms with Crippen LogP contribution in [0.25, 0.3) is 21.9 Å². The van der Waals surface area contributed by atoms with Crippen molar-refractivity contribution in [1.82, 2.24) is 10.2 Å². The number of benzene rings is 4. The van der Waals surface area contributed by atoms with Gasteiger partial charge in [-0.25, -0.2) is 4.39 Å². The number of nitrogens with one attached hydrogen (secondary N) is 1. The number of amides is 1. The van der Waals surface area contributed by atoms with Crippen molar-refractivity contribution in [3.63, 3.8) is 0 Å². The van der Waals surface area contributed by atoms with Gasteiger partial charge in [-0.3, -0.25) is 9.69 Å². The molecule has 3 nitrogen and oxygen atoms in total. The number of halogens is 1. The normalized spacial score (nSPS) is 14.3. The topological polar surface area (TPSA) is 32.3 Å². The van der Waals surface area contributed by atoms with Crippen LogP contribution in [0.3, 0.4) is 0 Å². The Kier molecular flexibility index (Phi) is 6.68. The minimum atomic E-state index is -0.258. The highest BCUT2D eigenvalue weighted by atomic mass is 19.1. The Morgan fingerprint density at radius 2 is 1.53 bits per heavy atom. The van der Waals surface area contributed by atoms with E-state index in [4.69, 9.17) is 0 Å². The molecule has 1 aliphatic heterocycles. The van der Waals surface area contributed by atoms with Gasteiger partial charge in [0.05, 0.1) is 0 Å². The monoisotopic (exact) mass is 452 g/mol. The standard InChI is InChI=1S/C30H29FN2O/c31-28-14-12-24(13-15-28)23-8-10-25(11-9-23)30(34)32-20-27-6-4-5-26-19-22(7-16-29(26)27)21-33-17-2-1-3-18-33/h4-16,19H,1-3,17-18,20-21H2,(H,32,34). The number of hydrogen-bond acceptors (Lipinski definition) is 2. The molecule has 0 aromatic heterocycles. The van der Waals surface area contributed by atoms with Gasteiger partial charge in [-0.1, -0.05) is 61.0 Å². The lowest BCUT2D eigenvalue weighted by molar-refractivity contribution is 0.0951. The zero-order valence-corrected chi connectivity index (χ0v) is 19.3. The Bertz CT molecular complexity index is 1280. The van der Waals surface area contributed by atoms with Gasteiger partial charge >= 0.3 is 0 Å². The summed E-state index contributed by atoms with van der Waals surface area (Å²) in [6.07, 6.45) is 3.94. The van der Waals surface area contributed by atoms with Crippen molar-refractivity contribution in [3.05, 3.63) is 107 Å². The molecule has 0 aliphatic carbocycles. The molecule has 0 bridgehead atoms. The maximum absolute atomic E-state index is 13.2. The van der Waals surface area contributed by atoms with Crippen LogP contribution in [-0.2, 0) is 13.1 Å². The Morgan fingerprint density at radius 1 is 0.824 bits per heavy atom. The first-order valence-electron chi connectivity index (χ1n) is 12.0. The van der Waals surface area contributed by atoms with Crippen LogP contribution in [-0.4, -0.2) is 23.9 Å². The van der Waals surface area contributed by atoms with E-state index >= 15 is 0 Å². The molecule has 1 aliphatic rings. The Labute approximate surface area is 200 Å². The average Bonchev–Trinajstić information content (AvgIpc) is 2.88. The van der Waals surface area contributed by atoms with Crippen molar-refractivity contribution in [1.29, 1.82) is 0 Å². The molecule has 172 valence electrons. The van der Waals surface area contributed by atoms with Gasteiger partial charge in [-0.2, -0.15) is 0 Å². The lowest BCUT2D eigenvalue weighted by Gasteiger charge is -2.26. The summed E-state index contributed by atoms with van der Waals surface area (Å²) in [6.45, 7) is 3.86. The number of likely N-dealkylation sites (tertiary alicyclic amines) is 1. The fraction of sp³-hybridized carbons (Fsp3) is 0.233. The molecular weight excluding hydrogens is 423 g/mol. The van der Waals surface area contributed by atoms with E-state index in [2.05, 4.69) is 46.6 Å². The quantitative estimate of drug-likeness (QED) is 0.359. The molecule has 0 radical (unpaired) electrons. The second-order valence-corrected chi connectivity index (χ2v) is 9.08. The number of piperidine rings is 1. The number of rotatable bonds is 6. The van der Waals surface area contributed by atoms with Crippen molar-refractivity contribution in [3.8, 4) is 11.1 Å². The third-order valence-electron chi connectivity index (χ3n) is 6.65. The van der Waals surface area contributed by atoms with Crippen molar-refractivity contribution in [2.45, 2.75) is 32.4 Å². The van der Waals surface area contributed by atoms with E-state index in [1.807, 2.05) is 24.3 Å². The lowest BCUT2D eigenvalue weighted by Crippen LogP contribution is -2.29. The van der Waals surface area contributed by atoms with E-state index < -0.39 is 0 Å². The third-order valence-corrected chi connectivity index (χ3v) is 6.65. The Hall–Kier alpha value is -3.50. The predicted molar refractivity (Wildman–Crippen MR) is 136 cm³/mol. The molecule has 0 unspecified atom stereocenters. The van der Waals surface area contributed by atoms with Crippen LogP contribution < -0.4 is 5.32 Å². The lowest BCUT2D eigenvalue weighted by atomic mass is 10.0. The first-order valence-corrected chi connectivity index (χ1v) is 12.0. The number of hydrogen-bond donors (Lipinski definition) is 1. The van der Waals surface area contributed by atoms with Crippen molar-refractivity contribution in [2.75, 3.05) is 13.1 Å². The number of fused-ring (bicyclic) bond motifs is 1. The van der Waals surface area contributed by atoms with Crippen LogP contribution in [0.15, 0.2) is 84.9 Å². The second-order valence-electron chi connectivity index (χ2n) is 9.08. The Balaban J connectivity index is 1.25. The summed E-state index contributed by atoms with van der Waals surface area (Å²) < 4.78 is 13.2. The van der Waals surface area contributed by atoms with Crippen LogP contribution in [0.4, 0.5) is 4.39 Å². The SMILES string of the molecule is O=C(NCc1cccc2cc(CN3CCCCC3)ccc12)c1ccc(-c2ccc(F)cc2)cc1. The molecule has 5 rings (SSSR count). The van der Waals surface area contributed by atoms with E-state index in [-0.39, 0.29) is 11.7 Å². The van der Waals surface area contributed by atoms with Gasteiger partial charge in [0.1, 0.15) is 5.82 Å². The zero-order valence-electron chi connectivity index (χ0n) is 19.3. The van der Waals surface area contributed by atoms with Crippen LogP contribution in [0, 0.1) is 5.82 Å². The Morgan fingerprint density at radius 3 is 2.26 bits per heavy atom. The van der Waals surface area contributed by atoms with E-state index in [9.17, 15) is 9.18 Å². The summed E-state index contributed by atoms with van der Waals surface area (Å²) in [4.78, 5) is 15.3. The molecule has 1 heterocycles. The number of carbonyl (C=O) groups excluding carboxylic acids is 1. The summed E-state index contributed by atoms with van der Waals surface area (Å²) in [6, 6.07) is 26.7. The highest BCUT2D eigenvalue weighted by Gasteiger charge is 2.12. The highest BCUT2D eigenvalue weighted by molar-refractivity contribution is 5.95. The first-order chi connectivity index (χ1) is 16.7. The molecule has 1 saturated heterocycles. The molecule has 0 saturated carbocycles. The van der Waals surface area contributed by atoms with Gasteiger partial charge in [-0.05, 0) is 89.3 Å². The summed E-state index contributed by atoms with van der Waals surface area (Å²) >= 11 is 0. The highest BCUT2D eigenvalue weighted by Crippen LogP contribution is 2.23. The average molecular weight is 453 g/mol. The van der Waals surface area contributed by atoms with Crippen LogP contribution in [0.1, 0.15) is 40.7 Å². The smallest absolute Gasteiger partial charge is 0.251 e. The van der Waals surface area contributed by atoms with Gasteiger partial charge in [-0.15, -0.1) is 0 Å². The molecule has 1 amide bonds. The second kappa shape index (κ2) is 10.2. The van der Waals surface area contributed by atoms with Gasteiger partial charge < -0.3 is 5.32 Å². The summed E-state index contributed by atoms with van der Waals surface area (Å²) in [7, 11) is 0. The van der Waals surface area contributed by atoms with Crippen molar-refractivity contribution >= 4 is 16.7 Å². The third kappa shape index (κ3) is 5.18. The minimum Gasteiger partial charge on any atom is -0.348 e. The molecule has 34 heavy (non-hydrogen) atoms. The maximum atomic E-state index is 13.2. The molecule has 0 spiro atoms. The largest absolute Gasteiger partial charge is 0.348 e. The van der Waals surface area contributed by atoms with E-state index in [1.54, 1.807) is 12.1 Å². The van der Waals surface area contributed by atoms with Crippen LogP contribution in [0.5, 0.6) is 0 Å². The molecular formula is C30H29FN2O. The molecule has 1 N–H and O–H groups in total. The summed E-state index contributed by atoms with van der Waals surface area (Å²) in [5.74, 6) is -0.365. The maximum Gasteiger partial charge on any atom is 0.251 e. The minimum absolute atomic E-state index is 0.107. The van der Waals surface area contributed by atoms with Gasteiger partial charge in [0, 0.05) is 18.7 Å². The van der Waals surface area contributed by atoms with Crippen LogP contribution >= 0.6 is 0 Å². The van der Waals surface area contributed by atoms with Gasteiger partial charge in [0.2, 0.25) is 0 Å². The van der Waals surface area contributed by atoms with E-state index in [1.165, 1.54) is 60.8 Å². The summed E-state index contributed by atoms with van der Waals surface area (Å²) in [5, 5.41) is 5.45. The van der Waals surface area contributed by atoms with E-state index in [0.29, 0.717) is 12.1 Å². The van der Waals surface area contributed by atoms with Crippen molar-refractivity contribution < 1.29 is 9.18 Å². The fourth-order valence-electron chi connectivity index (χ4n) is 4.76. The van der Waals surface area contributed by atoms with Crippen molar-refractivity contribution in [2.24, 2.45) is 0 Å². The van der Waals surface area contributed by atoms with Crippen LogP contribution in [0.2, 0.25) is 0 Å². The number of nitrogens with zero attached hydrogens (tertiary/aromatic N) is 1. The zero-order chi connectivity index (χ0) is 23.3. The van der Waals surface area contributed by atoms with Gasteiger partial charge in [0.15, 0.2) is 0 Å². The molecule has 1 fully saturated rings. The fourth-order valence-corrected chi connectivity index (χ4v) is 4.76. The first kappa shape index (κ1) is 22.3. The molecule has 4 heteroatoms. The predicted octanol–water partition coefficient (Wildman–Crippen LogP) is 6.56. The summed E-state index contributed by atoms with van der Waals surface area (Å²) in [5.41, 5.74) is 4.93.